The number of rotatable bonds is 2. The molecule has 1 heterocycles. The van der Waals surface area contributed by atoms with Crippen LogP contribution >= 0.6 is 0 Å². The van der Waals surface area contributed by atoms with Gasteiger partial charge >= 0.3 is 0 Å². The SMILES string of the molecule is COCC(=O)N1CCNC[C@@H]1C. The van der Waals surface area contributed by atoms with Gasteiger partial charge in [-0.05, 0) is 6.92 Å². The van der Waals surface area contributed by atoms with Crippen molar-refractivity contribution in [1.82, 2.24) is 10.2 Å². The van der Waals surface area contributed by atoms with Crippen molar-refractivity contribution in [3.63, 3.8) is 0 Å². The first kappa shape index (κ1) is 9.48. The number of nitrogens with one attached hydrogen (secondary N) is 1. The van der Waals surface area contributed by atoms with Gasteiger partial charge in [-0.15, -0.1) is 0 Å². The summed E-state index contributed by atoms with van der Waals surface area (Å²) in [7, 11) is 1.55. The molecule has 0 aromatic heterocycles. The number of carbonyl (C=O) groups excluding carboxylic acids is 1. The molecular formula is C8H16N2O2. The van der Waals surface area contributed by atoms with E-state index in [9.17, 15) is 4.79 Å². The Bertz CT molecular complexity index is 161. The van der Waals surface area contributed by atoms with Gasteiger partial charge in [-0.1, -0.05) is 0 Å². The van der Waals surface area contributed by atoms with Crippen LogP contribution in [0.3, 0.4) is 0 Å². The number of piperazine rings is 1. The standard InChI is InChI=1S/C8H16N2O2/c1-7-5-9-3-4-10(7)8(11)6-12-2/h7,9H,3-6H2,1-2H3/t7-/m0/s1. The number of carbonyl (C=O) groups is 1. The summed E-state index contributed by atoms with van der Waals surface area (Å²) in [5.74, 6) is 0.0894. The van der Waals surface area contributed by atoms with Crippen LogP contribution in [0, 0.1) is 0 Å². The number of methoxy groups -OCH3 is 1. The van der Waals surface area contributed by atoms with Crippen LogP contribution in [0.5, 0.6) is 0 Å². The lowest BCUT2D eigenvalue weighted by molar-refractivity contribution is -0.137. The average molecular weight is 172 g/mol. The summed E-state index contributed by atoms with van der Waals surface area (Å²) in [5.41, 5.74) is 0. The molecule has 4 nitrogen and oxygen atoms in total. The summed E-state index contributed by atoms with van der Waals surface area (Å²) in [5, 5.41) is 3.23. The molecule has 0 radical (unpaired) electrons. The molecule has 70 valence electrons. The van der Waals surface area contributed by atoms with Gasteiger partial charge < -0.3 is 15.0 Å². The van der Waals surface area contributed by atoms with Crippen LogP contribution < -0.4 is 5.32 Å². The largest absolute Gasteiger partial charge is 0.375 e. The normalized spacial score (nSPS) is 24.2. The molecule has 1 aliphatic rings. The fourth-order valence-electron chi connectivity index (χ4n) is 1.42. The number of nitrogens with zero attached hydrogens (tertiary/aromatic N) is 1. The maximum Gasteiger partial charge on any atom is 0.248 e. The topological polar surface area (TPSA) is 41.6 Å². The van der Waals surface area contributed by atoms with Crippen LogP contribution in [0.2, 0.25) is 0 Å². The lowest BCUT2D eigenvalue weighted by Crippen LogP contribution is -2.53. The summed E-state index contributed by atoms with van der Waals surface area (Å²) >= 11 is 0. The molecule has 0 spiro atoms. The van der Waals surface area contributed by atoms with Gasteiger partial charge in [0.2, 0.25) is 5.91 Å². The molecule has 4 heteroatoms. The van der Waals surface area contributed by atoms with Gasteiger partial charge in [-0.2, -0.15) is 0 Å². The van der Waals surface area contributed by atoms with E-state index in [4.69, 9.17) is 4.74 Å². The Morgan fingerprint density at radius 3 is 3.08 bits per heavy atom. The molecule has 0 aromatic rings. The van der Waals surface area contributed by atoms with Crippen LogP contribution in [0.15, 0.2) is 0 Å². The van der Waals surface area contributed by atoms with Gasteiger partial charge in [0.25, 0.3) is 0 Å². The minimum Gasteiger partial charge on any atom is -0.375 e. The number of hydrogen-bond acceptors (Lipinski definition) is 3. The van der Waals surface area contributed by atoms with Gasteiger partial charge in [-0.25, -0.2) is 0 Å². The predicted molar refractivity (Wildman–Crippen MR) is 45.9 cm³/mol. The van der Waals surface area contributed by atoms with Crippen LogP contribution in [0.1, 0.15) is 6.92 Å². The highest BCUT2D eigenvalue weighted by atomic mass is 16.5. The minimum absolute atomic E-state index is 0.0894. The maximum atomic E-state index is 11.4. The Morgan fingerprint density at radius 2 is 2.50 bits per heavy atom. The molecule has 1 amide bonds. The Kier molecular flexibility index (Phi) is 3.49. The van der Waals surface area contributed by atoms with Crippen LogP contribution in [0.4, 0.5) is 0 Å². The first-order chi connectivity index (χ1) is 5.75. The van der Waals surface area contributed by atoms with E-state index >= 15 is 0 Å². The summed E-state index contributed by atoms with van der Waals surface area (Å²) in [4.78, 5) is 13.2. The first-order valence-electron chi connectivity index (χ1n) is 4.25. The molecule has 0 aromatic carbocycles. The van der Waals surface area contributed by atoms with Crippen molar-refractivity contribution in [2.24, 2.45) is 0 Å². The predicted octanol–water partition coefficient (Wildman–Crippen LogP) is -0.547. The third kappa shape index (κ3) is 2.19. The second-order valence-corrected chi connectivity index (χ2v) is 3.07. The molecule has 1 fully saturated rings. The molecule has 0 saturated carbocycles. The first-order valence-corrected chi connectivity index (χ1v) is 4.25. The third-order valence-electron chi connectivity index (χ3n) is 2.09. The van der Waals surface area contributed by atoms with E-state index in [0.717, 1.165) is 19.6 Å². The molecule has 1 aliphatic heterocycles. The van der Waals surface area contributed by atoms with E-state index in [1.165, 1.54) is 0 Å². The number of amides is 1. The van der Waals surface area contributed by atoms with Crippen molar-refractivity contribution in [1.29, 1.82) is 0 Å². The van der Waals surface area contributed by atoms with E-state index in [1.807, 2.05) is 11.8 Å². The lowest BCUT2D eigenvalue weighted by atomic mass is 10.2. The molecule has 12 heavy (non-hydrogen) atoms. The molecule has 0 aliphatic carbocycles. The Balaban J connectivity index is 2.42. The minimum atomic E-state index is 0.0894. The summed E-state index contributed by atoms with van der Waals surface area (Å²) in [6.07, 6.45) is 0. The summed E-state index contributed by atoms with van der Waals surface area (Å²) < 4.78 is 4.79. The number of ether oxygens (including phenoxy) is 1. The van der Waals surface area contributed by atoms with Crippen LogP contribution in [-0.2, 0) is 9.53 Å². The molecule has 1 saturated heterocycles. The van der Waals surface area contributed by atoms with Crippen molar-refractivity contribution >= 4 is 5.91 Å². The van der Waals surface area contributed by atoms with Crippen molar-refractivity contribution in [3.05, 3.63) is 0 Å². The van der Waals surface area contributed by atoms with Crippen molar-refractivity contribution in [2.45, 2.75) is 13.0 Å². The zero-order valence-electron chi connectivity index (χ0n) is 7.67. The second kappa shape index (κ2) is 4.42. The zero-order chi connectivity index (χ0) is 8.97. The van der Waals surface area contributed by atoms with Gasteiger partial charge in [0, 0.05) is 32.8 Å². The third-order valence-corrected chi connectivity index (χ3v) is 2.09. The van der Waals surface area contributed by atoms with Gasteiger partial charge in [0.1, 0.15) is 6.61 Å². The molecule has 0 unspecified atom stereocenters. The highest BCUT2D eigenvalue weighted by Gasteiger charge is 2.21. The molecule has 1 N–H and O–H groups in total. The summed E-state index contributed by atoms with van der Waals surface area (Å²) in [6.45, 7) is 4.81. The van der Waals surface area contributed by atoms with Crippen molar-refractivity contribution < 1.29 is 9.53 Å². The van der Waals surface area contributed by atoms with E-state index in [2.05, 4.69) is 5.32 Å². The van der Waals surface area contributed by atoms with E-state index in [-0.39, 0.29) is 12.5 Å². The molecular weight excluding hydrogens is 156 g/mol. The Hall–Kier alpha value is -0.610. The number of hydrogen-bond donors (Lipinski definition) is 1. The fourth-order valence-corrected chi connectivity index (χ4v) is 1.42. The van der Waals surface area contributed by atoms with Crippen molar-refractivity contribution in [3.8, 4) is 0 Å². The highest BCUT2D eigenvalue weighted by Crippen LogP contribution is 2.02. The molecule has 1 rings (SSSR count). The van der Waals surface area contributed by atoms with E-state index in [0.29, 0.717) is 6.04 Å². The molecule has 0 bridgehead atoms. The summed E-state index contributed by atoms with van der Waals surface area (Å²) in [6, 6.07) is 0.293. The maximum absolute atomic E-state index is 11.4. The zero-order valence-corrected chi connectivity index (χ0v) is 7.67. The van der Waals surface area contributed by atoms with Crippen LogP contribution in [-0.4, -0.2) is 50.2 Å². The fraction of sp³-hybridized carbons (Fsp3) is 0.875. The van der Waals surface area contributed by atoms with Gasteiger partial charge in [-0.3, -0.25) is 4.79 Å². The van der Waals surface area contributed by atoms with E-state index < -0.39 is 0 Å². The smallest absolute Gasteiger partial charge is 0.248 e. The van der Waals surface area contributed by atoms with Crippen molar-refractivity contribution in [2.75, 3.05) is 33.4 Å². The quantitative estimate of drug-likeness (QED) is 0.608. The molecule has 1 atom stereocenters. The highest BCUT2D eigenvalue weighted by molar-refractivity contribution is 5.77. The Morgan fingerprint density at radius 1 is 1.75 bits per heavy atom. The average Bonchev–Trinajstić information content (AvgIpc) is 2.05. The van der Waals surface area contributed by atoms with Gasteiger partial charge in [0.05, 0.1) is 0 Å². The van der Waals surface area contributed by atoms with Crippen LogP contribution in [0.25, 0.3) is 0 Å². The lowest BCUT2D eigenvalue weighted by Gasteiger charge is -2.33. The Labute approximate surface area is 72.9 Å². The van der Waals surface area contributed by atoms with E-state index in [1.54, 1.807) is 7.11 Å². The van der Waals surface area contributed by atoms with Gasteiger partial charge in [0.15, 0.2) is 0 Å². The second-order valence-electron chi connectivity index (χ2n) is 3.07. The monoisotopic (exact) mass is 172 g/mol.